The maximum absolute atomic E-state index is 13.7. The van der Waals surface area contributed by atoms with Crippen LogP contribution in [0.4, 0.5) is 18.9 Å². The van der Waals surface area contributed by atoms with Gasteiger partial charge in [0.2, 0.25) is 5.89 Å². The number of para-hydroxylation sites is 2. The highest BCUT2D eigenvalue weighted by molar-refractivity contribution is 6.12. The molecule has 4 aromatic rings. The van der Waals surface area contributed by atoms with E-state index in [1.807, 2.05) is 0 Å². The number of halogens is 3. The van der Waals surface area contributed by atoms with E-state index >= 15 is 0 Å². The number of hydrogen-bond acceptors (Lipinski definition) is 5. The SMILES string of the molecule is CC(C)c1cccc(C(C)C)c1N/C=C1\C(=O)c2ccccc2OC1Cc1cnc(-c2ccc(C(F)(F)F)cc2)o1. The molecule has 1 aliphatic heterocycles. The van der Waals surface area contributed by atoms with Crippen LogP contribution in [0.2, 0.25) is 0 Å². The summed E-state index contributed by atoms with van der Waals surface area (Å²) in [5, 5.41) is 3.44. The highest BCUT2D eigenvalue weighted by atomic mass is 19.4. The zero-order chi connectivity index (χ0) is 29.3. The third kappa shape index (κ3) is 5.92. The Labute approximate surface area is 237 Å². The van der Waals surface area contributed by atoms with Crippen LogP contribution in [0.1, 0.15) is 72.3 Å². The molecule has 1 atom stereocenters. The van der Waals surface area contributed by atoms with E-state index < -0.39 is 17.8 Å². The molecule has 0 fully saturated rings. The van der Waals surface area contributed by atoms with E-state index in [1.165, 1.54) is 18.3 Å². The lowest BCUT2D eigenvalue weighted by Gasteiger charge is -2.28. The van der Waals surface area contributed by atoms with E-state index in [1.54, 1.807) is 30.5 Å². The number of nitrogens with one attached hydrogen (secondary N) is 1. The molecule has 212 valence electrons. The number of Topliss-reactive ketones (excluding diaryl/α,β-unsaturated/α-hetero) is 1. The van der Waals surface area contributed by atoms with Crippen LogP contribution >= 0.6 is 0 Å². The quantitative estimate of drug-likeness (QED) is 0.229. The van der Waals surface area contributed by atoms with Gasteiger partial charge in [0.15, 0.2) is 5.78 Å². The molecule has 5 nitrogen and oxygen atoms in total. The zero-order valence-electron chi connectivity index (χ0n) is 23.3. The minimum atomic E-state index is -4.43. The number of fused-ring (bicyclic) bond motifs is 1. The van der Waals surface area contributed by atoms with Crippen LogP contribution in [0.15, 0.2) is 89.1 Å². The molecule has 5 rings (SSSR count). The first-order valence-corrected chi connectivity index (χ1v) is 13.5. The molecule has 0 radical (unpaired) electrons. The van der Waals surface area contributed by atoms with E-state index in [0.717, 1.165) is 28.9 Å². The molecule has 1 N–H and O–H groups in total. The summed E-state index contributed by atoms with van der Waals surface area (Å²) in [6.07, 6.45) is -1.67. The van der Waals surface area contributed by atoms with E-state index in [0.29, 0.717) is 28.2 Å². The largest absolute Gasteiger partial charge is 0.484 e. The molecule has 0 amide bonds. The lowest BCUT2D eigenvalue weighted by atomic mass is 9.91. The fourth-order valence-corrected chi connectivity index (χ4v) is 4.97. The summed E-state index contributed by atoms with van der Waals surface area (Å²) in [6, 6.07) is 17.9. The molecule has 2 heterocycles. The van der Waals surface area contributed by atoms with Gasteiger partial charge in [0.25, 0.3) is 0 Å². The fraction of sp³-hybridized carbons (Fsp3) is 0.273. The Balaban J connectivity index is 1.47. The van der Waals surface area contributed by atoms with Crippen molar-refractivity contribution < 1.29 is 27.1 Å². The minimum Gasteiger partial charge on any atom is -0.484 e. The van der Waals surface area contributed by atoms with Crippen LogP contribution in [0.5, 0.6) is 5.75 Å². The highest BCUT2D eigenvalue weighted by Gasteiger charge is 2.33. The van der Waals surface area contributed by atoms with Gasteiger partial charge in [-0.2, -0.15) is 13.2 Å². The van der Waals surface area contributed by atoms with Crippen molar-refractivity contribution in [1.29, 1.82) is 0 Å². The van der Waals surface area contributed by atoms with Crippen LogP contribution < -0.4 is 10.1 Å². The molecular weight excluding hydrogens is 529 g/mol. The Morgan fingerprint density at radius 3 is 2.22 bits per heavy atom. The van der Waals surface area contributed by atoms with Gasteiger partial charge in [-0.15, -0.1) is 0 Å². The maximum Gasteiger partial charge on any atom is 0.416 e. The molecule has 1 unspecified atom stereocenters. The number of oxazole rings is 1. The van der Waals surface area contributed by atoms with Gasteiger partial charge in [-0.3, -0.25) is 4.79 Å². The first-order valence-electron chi connectivity index (χ1n) is 13.5. The second-order valence-electron chi connectivity index (χ2n) is 10.7. The average molecular weight is 561 g/mol. The first kappa shape index (κ1) is 28.2. The molecule has 0 saturated carbocycles. The van der Waals surface area contributed by atoms with E-state index in [4.69, 9.17) is 9.15 Å². The number of ketones is 1. The van der Waals surface area contributed by atoms with Crippen molar-refractivity contribution in [3.8, 4) is 17.2 Å². The maximum atomic E-state index is 13.7. The van der Waals surface area contributed by atoms with Crippen molar-refractivity contribution in [2.75, 3.05) is 5.32 Å². The normalized spacial score (nSPS) is 16.3. The number of carbonyl (C=O) groups is 1. The number of carbonyl (C=O) groups excluding carboxylic acids is 1. The summed E-state index contributed by atoms with van der Waals surface area (Å²) in [7, 11) is 0. The number of anilines is 1. The second kappa shape index (κ2) is 11.3. The second-order valence-corrected chi connectivity index (χ2v) is 10.7. The molecule has 41 heavy (non-hydrogen) atoms. The topological polar surface area (TPSA) is 64.4 Å². The Hall–Kier alpha value is -4.33. The Bertz CT molecular complexity index is 1560. The van der Waals surface area contributed by atoms with E-state index in [9.17, 15) is 18.0 Å². The molecule has 0 bridgehead atoms. The van der Waals surface area contributed by atoms with Gasteiger partial charge in [0.05, 0.1) is 22.9 Å². The van der Waals surface area contributed by atoms with Gasteiger partial charge in [-0.25, -0.2) is 4.98 Å². The lowest BCUT2D eigenvalue weighted by Crippen LogP contribution is -2.32. The van der Waals surface area contributed by atoms with Gasteiger partial charge >= 0.3 is 6.18 Å². The standard InChI is InChI=1S/C33H31F3N2O3/c1-19(2)24-9-7-10-25(20(3)4)30(24)37-18-27-29(41-28-11-6-5-8-26(28)31(27)39)16-23-17-38-32(40-23)21-12-14-22(15-13-21)33(34,35)36/h5-15,17-20,29,37H,16H2,1-4H3/b27-18-. The average Bonchev–Trinajstić information content (AvgIpc) is 3.40. The first-order chi connectivity index (χ1) is 19.5. The molecule has 0 saturated heterocycles. The Morgan fingerprint density at radius 2 is 1.59 bits per heavy atom. The number of rotatable bonds is 7. The summed E-state index contributed by atoms with van der Waals surface area (Å²) in [5.74, 6) is 1.48. The number of aromatic nitrogens is 1. The van der Waals surface area contributed by atoms with Crippen LogP contribution in [0, 0.1) is 0 Å². The van der Waals surface area contributed by atoms with Crippen LogP contribution in [-0.4, -0.2) is 16.9 Å². The number of hydrogen-bond donors (Lipinski definition) is 1. The molecule has 0 aliphatic carbocycles. The van der Waals surface area contributed by atoms with E-state index in [-0.39, 0.29) is 29.9 Å². The van der Waals surface area contributed by atoms with Gasteiger partial charge < -0.3 is 14.5 Å². The van der Waals surface area contributed by atoms with Crippen molar-refractivity contribution in [2.24, 2.45) is 0 Å². The monoisotopic (exact) mass is 560 g/mol. The third-order valence-corrected chi connectivity index (χ3v) is 7.15. The summed E-state index contributed by atoms with van der Waals surface area (Å²) >= 11 is 0. The Kier molecular flexibility index (Phi) is 7.76. The summed E-state index contributed by atoms with van der Waals surface area (Å²) in [5.41, 5.74) is 3.84. The van der Waals surface area contributed by atoms with Crippen LogP contribution in [-0.2, 0) is 12.6 Å². The molecular formula is C33H31F3N2O3. The molecule has 1 aliphatic rings. The predicted molar refractivity (Wildman–Crippen MR) is 152 cm³/mol. The smallest absolute Gasteiger partial charge is 0.416 e. The Morgan fingerprint density at radius 1 is 0.927 bits per heavy atom. The van der Waals surface area contributed by atoms with Gasteiger partial charge in [-0.05, 0) is 59.4 Å². The van der Waals surface area contributed by atoms with Crippen molar-refractivity contribution in [3.63, 3.8) is 0 Å². The van der Waals surface area contributed by atoms with Crippen LogP contribution in [0.3, 0.4) is 0 Å². The highest BCUT2D eigenvalue weighted by Crippen LogP contribution is 2.36. The van der Waals surface area contributed by atoms with Crippen LogP contribution in [0.25, 0.3) is 11.5 Å². The van der Waals surface area contributed by atoms with Crippen molar-refractivity contribution >= 4 is 11.5 Å². The number of ether oxygens (including phenoxy) is 1. The van der Waals surface area contributed by atoms with Gasteiger partial charge in [0.1, 0.15) is 17.6 Å². The predicted octanol–water partition coefficient (Wildman–Crippen LogP) is 8.79. The third-order valence-electron chi connectivity index (χ3n) is 7.15. The molecule has 0 spiro atoms. The molecule has 8 heteroatoms. The number of nitrogens with zero attached hydrogens (tertiary/aromatic N) is 1. The number of alkyl halides is 3. The molecule has 1 aromatic heterocycles. The van der Waals surface area contributed by atoms with Crippen molar-refractivity contribution in [2.45, 2.75) is 58.2 Å². The lowest BCUT2D eigenvalue weighted by molar-refractivity contribution is -0.137. The van der Waals surface area contributed by atoms with Crippen molar-refractivity contribution in [1.82, 2.24) is 4.98 Å². The van der Waals surface area contributed by atoms with Gasteiger partial charge in [-0.1, -0.05) is 58.0 Å². The fourth-order valence-electron chi connectivity index (χ4n) is 4.97. The number of benzene rings is 3. The van der Waals surface area contributed by atoms with Crippen molar-refractivity contribution in [3.05, 3.63) is 113 Å². The zero-order valence-corrected chi connectivity index (χ0v) is 23.3. The van der Waals surface area contributed by atoms with E-state index in [2.05, 4.69) is 56.2 Å². The summed E-state index contributed by atoms with van der Waals surface area (Å²) < 4.78 is 51.1. The summed E-state index contributed by atoms with van der Waals surface area (Å²) in [6.45, 7) is 8.52. The summed E-state index contributed by atoms with van der Waals surface area (Å²) in [4.78, 5) is 18.0. The molecule has 3 aromatic carbocycles. The minimum absolute atomic E-state index is 0.153. The van der Waals surface area contributed by atoms with Gasteiger partial charge in [0, 0.05) is 23.9 Å².